The number of rotatable bonds is 32. The number of ether oxygens (including phenoxy) is 4. The van der Waals surface area contributed by atoms with Crippen LogP contribution in [0.15, 0.2) is 45.2 Å². The molecule has 0 spiro atoms. The Morgan fingerprint density at radius 1 is 0.473 bits per heavy atom. The Labute approximate surface area is 328 Å². The number of hydrogen-bond donors (Lipinski definition) is 0. The number of oxazole rings is 2. The van der Waals surface area contributed by atoms with E-state index in [4.69, 9.17) is 27.8 Å². The van der Waals surface area contributed by atoms with Crippen LogP contribution in [0.3, 0.4) is 0 Å². The molecule has 10 heteroatoms. The molecule has 304 valence electrons. The number of aromatic nitrogens is 2. The minimum Gasteiger partial charge on any atom is -0.493 e. The maximum absolute atomic E-state index is 12.4. The van der Waals surface area contributed by atoms with Gasteiger partial charge >= 0.3 is 24.1 Å². The van der Waals surface area contributed by atoms with Gasteiger partial charge in [-0.3, -0.25) is 9.59 Å². The molecule has 0 bridgehead atoms. The van der Waals surface area contributed by atoms with Crippen molar-refractivity contribution in [3.05, 3.63) is 36.4 Å². The summed E-state index contributed by atoms with van der Waals surface area (Å²) in [5, 5.41) is 0. The minimum absolute atomic E-state index is 0.0819. The number of carbonyl (C=O) groups is 2. The Morgan fingerprint density at radius 2 is 0.818 bits per heavy atom. The Balaban J connectivity index is 1.02. The van der Waals surface area contributed by atoms with Crippen LogP contribution in [0.4, 0.5) is 0 Å². The monoisotopic (exact) mass is 762 g/mol. The van der Waals surface area contributed by atoms with Crippen LogP contribution in [0, 0.1) is 0 Å². The van der Waals surface area contributed by atoms with Crippen molar-refractivity contribution >= 4 is 34.1 Å². The smallest absolute Gasteiger partial charge is 0.402 e. The van der Waals surface area contributed by atoms with Gasteiger partial charge in [-0.1, -0.05) is 136 Å². The zero-order chi connectivity index (χ0) is 38.8. The molecule has 0 aliphatic rings. The van der Waals surface area contributed by atoms with Gasteiger partial charge in [0.25, 0.3) is 0 Å². The molecule has 0 unspecified atom stereocenters. The van der Waals surface area contributed by atoms with Crippen molar-refractivity contribution in [3.63, 3.8) is 0 Å². The standard InChI is InChI=1S/C45H66N2O8/c1-3-5-7-9-11-13-15-17-19-24-32-50-36-28-30-38-40(34-36)52-44(46-38)54-42(48)26-22-21-23-27-43(49)55-45-47-39-31-29-37(35-41(39)53-45)51-33-25-20-18-16-14-12-10-8-6-4-2/h28-31,34-35H,3-27,32-33H2,1-2H3. The Bertz CT molecular complexity index is 1530. The number of unbranched alkanes of at least 4 members (excludes halogenated alkanes) is 20. The van der Waals surface area contributed by atoms with Crippen molar-refractivity contribution in [2.24, 2.45) is 0 Å². The second-order valence-electron chi connectivity index (χ2n) is 14.8. The van der Waals surface area contributed by atoms with Crippen LogP contribution in [0.25, 0.3) is 22.2 Å². The van der Waals surface area contributed by atoms with Gasteiger partial charge in [0.1, 0.15) is 22.5 Å². The maximum atomic E-state index is 12.4. The van der Waals surface area contributed by atoms with Crippen molar-refractivity contribution in [3.8, 4) is 23.7 Å². The van der Waals surface area contributed by atoms with Gasteiger partial charge in [-0.2, -0.15) is 9.97 Å². The van der Waals surface area contributed by atoms with E-state index in [2.05, 4.69) is 23.8 Å². The molecule has 0 amide bonds. The highest BCUT2D eigenvalue weighted by Gasteiger charge is 2.15. The van der Waals surface area contributed by atoms with Gasteiger partial charge in [0, 0.05) is 25.0 Å². The van der Waals surface area contributed by atoms with Crippen molar-refractivity contribution in [1.29, 1.82) is 0 Å². The van der Waals surface area contributed by atoms with E-state index in [1.54, 1.807) is 24.3 Å². The molecule has 10 nitrogen and oxygen atoms in total. The minimum atomic E-state index is -0.440. The summed E-state index contributed by atoms with van der Waals surface area (Å²) >= 11 is 0. The first-order valence-electron chi connectivity index (χ1n) is 21.5. The first kappa shape index (κ1) is 43.6. The van der Waals surface area contributed by atoms with Crippen LogP contribution < -0.4 is 18.9 Å². The predicted molar refractivity (Wildman–Crippen MR) is 217 cm³/mol. The second-order valence-corrected chi connectivity index (χ2v) is 14.8. The lowest BCUT2D eigenvalue weighted by Gasteiger charge is -2.06. The summed E-state index contributed by atoms with van der Waals surface area (Å²) in [4.78, 5) is 33.4. The van der Waals surface area contributed by atoms with Crippen molar-refractivity contribution < 1.29 is 37.4 Å². The van der Waals surface area contributed by atoms with Gasteiger partial charge in [0.05, 0.1) is 13.2 Å². The number of nitrogens with zero attached hydrogens (tertiary/aromatic N) is 2. The molecule has 2 aromatic heterocycles. The summed E-state index contributed by atoms with van der Waals surface area (Å²) < 4.78 is 33.8. The summed E-state index contributed by atoms with van der Waals surface area (Å²) in [7, 11) is 0. The lowest BCUT2D eigenvalue weighted by Crippen LogP contribution is -2.09. The fourth-order valence-electron chi connectivity index (χ4n) is 6.61. The van der Waals surface area contributed by atoms with Gasteiger partial charge in [-0.25, -0.2) is 0 Å². The number of esters is 2. The zero-order valence-corrected chi connectivity index (χ0v) is 33.7. The number of fused-ring (bicyclic) bond motifs is 2. The molecule has 2 aromatic carbocycles. The van der Waals surface area contributed by atoms with Crippen molar-refractivity contribution in [2.45, 2.75) is 174 Å². The fourth-order valence-corrected chi connectivity index (χ4v) is 6.61. The molecule has 0 aliphatic carbocycles. The molecular weight excluding hydrogens is 697 g/mol. The molecule has 0 radical (unpaired) electrons. The molecule has 0 aliphatic heterocycles. The largest absolute Gasteiger partial charge is 0.493 e. The van der Waals surface area contributed by atoms with E-state index in [1.165, 1.54) is 116 Å². The molecule has 0 atom stereocenters. The molecule has 0 saturated heterocycles. The van der Waals surface area contributed by atoms with Crippen molar-refractivity contribution in [1.82, 2.24) is 9.97 Å². The predicted octanol–water partition coefficient (Wildman–Crippen LogP) is 13.0. The zero-order valence-electron chi connectivity index (χ0n) is 33.7. The highest BCUT2D eigenvalue weighted by atomic mass is 16.6. The molecule has 4 rings (SSSR count). The normalized spacial score (nSPS) is 11.4. The molecule has 0 N–H and O–H groups in total. The van der Waals surface area contributed by atoms with E-state index in [0.717, 1.165) is 12.8 Å². The summed E-state index contributed by atoms with van der Waals surface area (Å²) in [5.74, 6) is 0.538. The summed E-state index contributed by atoms with van der Waals surface area (Å²) in [5.41, 5.74) is 2.21. The quantitative estimate of drug-likeness (QED) is 0.0351. The number of carbonyl (C=O) groups excluding carboxylic acids is 2. The SMILES string of the molecule is CCCCCCCCCCCCOc1ccc2nc(OC(=O)CCCCCC(=O)Oc3nc4ccc(OCCCCCCCCCCCC)cc4o3)oc2c1. The number of hydrogen-bond acceptors (Lipinski definition) is 10. The van der Waals surface area contributed by atoms with Gasteiger partial charge in [-0.15, -0.1) is 0 Å². The molecule has 2 heterocycles. The van der Waals surface area contributed by atoms with Crippen LogP contribution >= 0.6 is 0 Å². The lowest BCUT2D eigenvalue weighted by atomic mass is 10.1. The fraction of sp³-hybridized carbons (Fsp3) is 0.644. The van der Waals surface area contributed by atoms with Gasteiger partial charge in [0.2, 0.25) is 0 Å². The average molecular weight is 763 g/mol. The lowest BCUT2D eigenvalue weighted by molar-refractivity contribution is -0.136. The first-order valence-corrected chi connectivity index (χ1v) is 21.5. The van der Waals surface area contributed by atoms with Crippen LogP contribution in [-0.4, -0.2) is 35.1 Å². The van der Waals surface area contributed by atoms with E-state index in [-0.39, 0.29) is 25.0 Å². The molecular formula is C45H66N2O8. The summed E-state index contributed by atoms with van der Waals surface area (Å²) in [6.07, 6.45) is 27.5. The van der Waals surface area contributed by atoms with Gasteiger partial charge < -0.3 is 27.8 Å². The van der Waals surface area contributed by atoms with E-state index in [1.807, 2.05) is 12.1 Å². The van der Waals surface area contributed by atoms with Gasteiger partial charge in [0.15, 0.2) is 11.2 Å². The van der Waals surface area contributed by atoms with Gasteiger partial charge in [-0.05, 0) is 49.9 Å². The Hall–Kier alpha value is -4.08. The van der Waals surface area contributed by atoms with Crippen LogP contribution in [0.2, 0.25) is 0 Å². The summed E-state index contributed by atoms with van der Waals surface area (Å²) in [6.45, 7) is 5.82. The van der Waals surface area contributed by atoms with E-state index in [9.17, 15) is 9.59 Å². The van der Waals surface area contributed by atoms with E-state index in [0.29, 0.717) is 66.2 Å². The third kappa shape index (κ3) is 17.9. The highest BCUT2D eigenvalue weighted by Crippen LogP contribution is 2.27. The summed E-state index contributed by atoms with van der Waals surface area (Å²) in [6, 6.07) is 10.9. The molecule has 0 fully saturated rings. The Kier molecular flexibility index (Phi) is 21.2. The first-order chi connectivity index (χ1) is 27.0. The number of benzene rings is 2. The van der Waals surface area contributed by atoms with Crippen LogP contribution in [0.1, 0.15) is 174 Å². The maximum Gasteiger partial charge on any atom is 0.402 e. The van der Waals surface area contributed by atoms with Crippen LogP contribution in [-0.2, 0) is 9.59 Å². The van der Waals surface area contributed by atoms with E-state index >= 15 is 0 Å². The highest BCUT2D eigenvalue weighted by molar-refractivity contribution is 5.77. The topological polar surface area (TPSA) is 123 Å². The second kappa shape index (κ2) is 26.7. The third-order valence-electron chi connectivity index (χ3n) is 9.88. The third-order valence-corrected chi connectivity index (χ3v) is 9.88. The molecule has 0 saturated carbocycles. The van der Waals surface area contributed by atoms with Crippen LogP contribution in [0.5, 0.6) is 23.7 Å². The molecule has 4 aromatic rings. The molecule has 55 heavy (non-hydrogen) atoms. The average Bonchev–Trinajstić information content (AvgIpc) is 3.77. The Morgan fingerprint density at radius 3 is 1.20 bits per heavy atom. The van der Waals surface area contributed by atoms with E-state index < -0.39 is 11.9 Å². The van der Waals surface area contributed by atoms with Crippen molar-refractivity contribution in [2.75, 3.05) is 13.2 Å².